The van der Waals surface area contributed by atoms with E-state index >= 15 is 0 Å². The van der Waals surface area contributed by atoms with Gasteiger partial charge in [0.25, 0.3) is 5.91 Å². The fourth-order valence-electron chi connectivity index (χ4n) is 2.78. The minimum atomic E-state index is -1.23. The third kappa shape index (κ3) is 4.21. The SMILES string of the molecule is CNC(=O)CC1(O)CCCN(C(=O)c2nc(C(C)C)ncc2Cl)C1. The Morgan fingerprint density at radius 3 is 2.83 bits per heavy atom. The molecule has 2 rings (SSSR count). The molecule has 1 atom stereocenters. The second-order valence-electron chi connectivity index (χ2n) is 6.48. The van der Waals surface area contributed by atoms with Crippen molar-refractivity contribution in [1.82, 2.24) is 20.2 Å². The second-order valence-corrected chi connectivity index (χ2v) is 6.89. The maximum Gasteiger partial charge on any atom is 0.274 e. The number of carbonyl (C=O) groups is 2. The lowest BCUT2D eigenvalue weighted by Crippen LogP contribution is -2.52. The number of nitrogens with one attached hydrogen (secondary N) is 1. The van der Waals surface area contributed by atoms with E-state index in [1.807, 2.05) is 13.8 Å². The second kappa shape index (κ2) is 7.44. The number of amides is 2. The van der Waals surface area contributed by atoms with Crippen molar-refractivity contribution < 1.29 is 14.7 Å². The summed E-state index contributed by atoms with van der Waals surface area (Å²) in [5, 5.41) is 13.3. The lowest BCUT2D eigenvalue weighted by atomic mass is 9.89. The van der Waals surface area contributed by atoms with E-state index in [-0.39, 0.29) is 41.4 Å². The Morgan fingerprint density at radius 2 is 2.21 bits per heavy atom. The van der Waals surface area contributed by atoms with Crippen LogP contribution in [0.2, 0.25) is 5.02 Å². The van der Waals surface area contributed by atoms with Crippen LogP contribution in [0.5, 0.6) is 0 Å². The van der Waals surface area contributed by atoms with Crippen LogP contribution in [0.4, 0.5) is 0 Å². The zero-order valence-electron chi connectivity index (χ0n) is 14.2. The van der Waals surface area contributed by atoms with Gasteiger partial charge in [0, 0.05) is 19.5 Å². The molecule has 1 aliphatic rings. The molecule has 2 amide bonds. The summed E-state index contributed by atoms with van der Waals surface area (Å²) in [7, 11) is 1.52. The Morgan fingerprint density at radius 1 is 1.50 bits per heavy atom. The number of piperidine rings is 1. The maximum absolute atomic E-state index is 12.8. The predicted molar refractivity (Wildman–Crippen MR) is 89.9 cm³/mol. The summed E-state index contributed by atoms with van der Waals surface area (Å²) in [5.41, 5.74) is -1.09. The number of likely N-dealkylation sites (tertiary alicyclic amines) is 1. The highest BCUT2D eigenvalue weighted by Gasteiger charge is 2.37. The number of β-amino-alcohol motifs (C(OH)–C–C–N with tert-alkyl or cyclic N) is 1. The predicted octanol–water partition coefficient (Wildman–Crippen LogP) is 1.36. The molecular weight excluding hydrogens is 332 g/mol. The molecule has 7 nitrogen and oxygen atoms in total. The zero-order chi connectivity index (χ0) is 17.9. The zero-order valence-corrected chi connectivity index (χ0v) is 14.9. The fraction of sp³-hybridized carbons (Fsp3) is 0.625. The van der Waals surface area contributed by atoms with Gasteiger partial charge in [-0.2, -0.15) is 0 Å². The highest BCUT2D eigenvalue weighted by atomic mass is 35.5. The first-order valence-corrected chi connectivity index (χ1v) is 8.38. The molecule has 0 saturated carbocycles. The smallest absolute Gasteiger partial charge is 0.274 e. The summed E-state index contributed by atoms with van der Waals surface area (Å²) in [6, 6.07) is 0. The van der Waals surface area contributed by atoms with Crippen LogP contribution in [-0.2, 0) is 4.79 Å². The Labute approximate surface area is 146 Å². The fourth-order valence-corrected chi connectivity index (χ4v) is 2.95. The average molecular weight is 355 g/mol. The van der Waals surface area contributed by atoms with Gasteiger partial charge in [-0.3, -0.25) is 9.59 Å². The van der Waals surface area contributed by atoms with Crippen LogP contribution < -0.4 is 5.32 Å². The van der Waals surface area contributed by atoms with Crippen LogP contribution in [0.15, 0.2) is 6.20 Å². The van der Waals surface area contributed by atoms with Crippen molar-refractivity contribution in [2.24, 2.45) is 0 Å². The number of hydrogen-bond acceptors (Lipinski definition) is 5. The molecule has 1 aromatic heterocycles. The molecule has 24 heavy (non-hydrogen) atoms. The molecule has 0 spiro atoms. The van der Waals surface area contributed by atoms with Crippen LogP contribution in [0, 0.1) is 0 Å². The number of nitrogens with zero attached hydrogens (tertiary/aromatic N) is 3. The largest absolute Gasteiger partial charge is 0.388 e. The van der Waals surface area contributed by atoms with Crippen molar-refractivity contribution in [3.05, 3.63) is 22.7 Å². The Hall–Kier alpha value is -1.73. The number of aromatic nitrogens is 2. The molecular formula is C16H23ClN4O3. The van der Waals surface area contributed by atoms with E-state index in [0.29, 0.717) is 25.2 Å². The van der Waals surface area contributed by atoms with Gasteiger partial charge in [-0.05, 0) is 12.8 Å². The summed E-state index contributed by atoms with van der Waals surface area (Å²) in [5.74, 6) is 0.00836. The summed E-state index contributed by atoms with van der Waals surface area (Å²) >= 11 is 6.09. The topological polar surface area (TPSA) is 95.4 Å². The van der Waals surface area contributed by atoms with Crippen LogP contribution in [0.1, 0.15) is 55.3 Å². The average Bonchev–Trinajstić information content (AvgIpc) is 2.53. The van der Waals surface area contributed by atoms with E-state index in [1.54, 1.807) is 0 Å². The number of hydrogen-bond donors (Lipinski definition) is 2. The number of aliphatic hydroxyl groups is 1. The lowest BCUT2D eigenvalue weighted by molar-refractivity contribution is -0.127. The van der Waals surface area contributed by atoms with Gasteiger partial charge in [-0.1, -0.05) is 25.4 Å². The highest BCUT2D eigenvalue weighted by molar-refractivity contribution is 6.33. The normalized spacial score (nSPS) is 21.0. The minimum Gasteiger partial charge on any atom is -0.388 e. The molecule has 1 aromatic rings. The first-order chi connectivity index (χ1) is 11.3. The van der Waals surface area contributed by atoms with Gasteiger partial charge in [0.1, 0.15) is 5.82 Å². The molecule has 0 aliphatic carbocycles. The summed E-state index contributed by atoms with van der Waals surface area (Å²) in [4.78, 5) is 34.3. The van der Waals surface area contributed by atoms with Crippen molar-refractivity contribution in [2.45, 2.75) is 44.6 Å². The molecule has 0 aromatic carbocycles. The molecule has 0 bridgehead atoms. The van der Waals surface area contributed by atoms with Crippen LogP contribution >= 0.6 is 11.6 Å². The summed E-state index contributed by atoms with van der Waals surface area (Å²) in [6.45, 7) is 4.43. The molecule has 2 heterocycles. The molecule has 2 N–H and O–H groups in total. The van der Waals surface area contributed by atoms with Crippen LogP contribution in [0.3, 0.4) is 0 Å². The third-order valence-corrected chi connectivity index (χ3v) is 4.37. The van der Waals surface area contributed by atoms with Crippen LogP contribution in [-0.4, -0.2) is 57.5 Å². The summed E-state index contributed by atoms with van der Waals surface area (Å²) < 4.78 is 0. The first-order valence-electron chi connectivity index (χ1n) is 8.00. The van der Waals surface area contributed by atoms with E-state index in [2.05, 4.69) is 15.3 Å². The monoisotopic (exact) mass is 354 g/mol. The van der Waals surface area contributed by atoms with Crippen molar-refractivity contribution in [2.75, 3.05) is 20.1 Å². The van der Waals surface area contributed by atoms with Crippen molar-refractivity contribution in [1.29, 1.82) is 0 Å². The van der Waals surface area contributed by atoms with Crippen molar-refractivity contribution in [3.8, 4) is 0 Å². The van der Waals surface area contributed by atoms with Gasteiger partial charge in [-0.25, -0.2) is 9.97 Å². The van der Waals surface area contributed by atoms with Crippen molar-refractivity contribution >= 4 is 23.4 Å². The lowest BCUT2D eigenvalue weighted by Gasteiger charge is -2.38. The maximum atomic E-state index is 12.8. The molecule has 0 radical (unpaired) electrons. The quantitative estimate of drug-likeness (QED) is 0.851. The van der Waals surface area contributed by atoms with E-state index in [1.165, 1.54) is 18.1 Å². The Balaban J connectivity index is 2.20. The van der Waals surface area contributed by atoms with Crippen molar-refractivity contribution in [3.63, 3.8) is 0 Å². The Bertz CT molecular complexity index is 638. The minimum absolute atomic E-state index is 0.0397. The molecule has 1 unspecified atom stereocenters. The van der Waals surface area contributed by atoms with E-state index in [4.69, 9.17) is 11.6 Å². The molecule has 1 saturated heterocycles. The van der Waals surface area contributed by atoms with Gasteiger partial charge in [0.2, 0.25) is 5.91 Å². The number of carbonyl (C=O) groups excluding carboxylic acids is 2. The number of rotatable bonds is 4. The van der Waals surface area contributed by atoms with Gasteiger partial charge in [-0.15, -0.1) is 0 Å². The van der Waals surface area contributed by atoms with Gasteiger partial charge in [0.15, 0.2) is 5.69 Å². The van der Waals surface area contributed by atoms with E-state index in [0.717, 1.165) is 0 Å². The third-order valence-electron chi connectivity index (χ3n) is 4.09. The first kappa shape index (κ1) is 18.6. The molecule has 8 heteroatoms. The molecule has 132 valence electrons. The number of halogens is 1. The van der Waals surface area contributed by atoms with E-state index < -0.39 is 5.60 Å². The molecule has 1 fully saturated rings. The van der Waals surface area contributed by atoms with Gasteiger partial charge in [0.05, 0.1) is 29.8 Å². The van der Waals surface area contributed by atoms with E-state index in [9.17, 15) is 14.7 Å². The van der Waals surface area contributed by atoms with Gasteiger partial charge < -0.3 is 15.3 Å². The highest BCUT2D eigenvalue weighted by Crippen LogP contribution is 2.27. The van der Waals surface area contributed by atoms with Gasteiger partial charge >= 0.3 is 0 Å². The molecule has 1 aliphatic heterocycles. The standard InChI is InChI=1S/C16H23ClN4O3/c1-10(2)14-19-8-11(17)13(20-14)15(23)21-6-4-5-16(24,9-21)7-12(22)18-3/h8,10,24H,4-7,9H2,1-3H3,(H,18,22). The van der Waals surface area contributed by atoms with Crippen LogP contribution in [0.25, 0.3) is 0 Å². The Kier molecular flexibility index (Phi) is 5.77. The summed E-state index contributed by atoms with van der Waals surface area (Å²) in [6.07, 6.45) is 2.47.